The van der Waals surface area contributed by atoms with Crippen molar-refractivity contribution in [3.05, 3.63) is 76.6 Å². The first-order chi connectivity index (χ1) is 16.4. The smallest absolute Gasteiger partial charge is 0.306 e. The van der Waals surface area contributed by atoms with E-state index in [1.807, 2.05) is 31.2 Å². The fraction of sp³-hybridized carbons (Fsp3) is 0.407. The average molecular weight is 480 g/mol. The van der Waals surface area contributed by atoms with Gasteiger partial charge in [-0.25, -0.2) is 0 Å². The highest BCUT2D eigenvalue weighted by atomic mass is 32.2. The van der Waals surface area contributed by atoms with Gasteiger partial charge in [0.15, 0.2) is 10.9 Å². The van der Waals surface area contributed by atoms with Gasteiger partial charge in [0.1, 0.15) is 5.82 Å². The van der Waals surface area contributed by atoms with E-state index in [-0.39, 0.29) is 23.9 Å². The number of carbonyl (C=O) groups excluding carboxylic acids is 2. The zero-order valence-corrected chi connectivity index (χ0v) is 21.2. The maximum atomic E-state index is 13.2. The van der Waals surface area contributed by atoms with Crippen molar-refractivity contribution < 1.29 is 14.3 Å². The van der Waals surface area contributed by atoms with Crippen molar-refractivity contribution in [1.82, 2.24) is 14.8 Å². The molecule has 0 radical (unpaired) electrons. The Hall–Kier alpha value is -2.93. The molecule has 2 aromatic carbocycles. The Morgan fingerprint density at radius 2 is 1.59 bits per heavy atom. The summed E-state index contributed by atoms with van der Waals surface area (Å²) >= 11 is 1.38. The molecule has 0 bridgehead atoms. The first-order valence-electron chi connectivity index (χ1n) is 11.8. The molecule has 6 nitrogen and oxygen atoms in total. The van der Waals surface area contributed by atoms with Gasteiger partial charge in [0.2, 0.25) is 0 Å². The summed E-state index contributed by atoms with van der Waals surface area (Å²) in [5.74, 6) is 0.217. The van der Waals surface area contributed by atoms with E-state index in [0.717, 1.165) is 41.5 Å². The van der Waals surface area contributed by atoms with Crippen LogP contribution >= 0.6 is 11.8 Å². The van der Waals surface area contributed by atoms with E-state index in [9.17, 15) is 9.59 Å². The molecule has 0 amide bonds. The minimum absolute atomic E-state index is 0.0197. The Balaban J connectivity index is 1.67. The van der Waals surface area contributed by atoms with Crippen molar-refractivity contribution in [2.24, 2.45) is 0 Å². The summed E-state index contributed by atoms with van der Waals surface area (Å²) in [6, 6.07) is 16.3. The van der Waals surface area contributed by atoms with Crippen LogP contribution in [-0.2, 0) is 33.7 Å². The number of Topliss-reactive ketones (excluding diaryl/α,β-unsaturated/α-hetero) is 1. The first kappa shape index (κ1) is 25.7. The van der Waals surface area contributed by atoms with E-state index in [4.69, 9.17) is 4.74 Å². The van der Waals surface area contributed by atoms with Crippen LogP contribution in [0.15, 0.2) is 53.7 Å². The molecule has 3 rings (SSSR count). The maximum Gasteiger partial charge on any atom is 0.306 e. The largest absolute Gasteiger partial charge is 0.466 e. The second-order valence-corrected chi connectivity index (χ2v) is 9.30. The van der Waals surface area contributed by atoms with Crippen molar-refractivity contribution in [3.63, 3.8) is 0 Å². The molecule has 0 aliphatic rings. The fourth-order valence-electron chi connectivity index (χ4n) is 3.78. The molecule has 0 N–H and O–H groups in total. The predicted molar refractivity (Wildman–Crippen MR) is 135 cm³/mol. The van der Waals surface area contributed by atoms with Crippen LogP contribution in [0.25, 0.3) is 0 Å². The minimum atomic E-state index is -0.536. The zero-order valence-electron chi connectivity index (χ0n) is 20.4. The highest BCUT2D eigenvalue weighted by Gasteiger charge is 2.25. The lowest BCUT2D eigenvalue weighted by Crippen LogP contribution is -2.20. The van der Waals surface area contributed by atoms with Crippen LogP contribution in [0.2, 0.25) is 0 Å². The van der Waals surface area contributed by atoms with Gasteiger partial charge in [-0.3, -0.25) is 9.59 Å². The van der Waals surface area contributed by atoms with Gasteiger partial charge in [0.05, 0.1) is 24.7 Å². The van der Waals surface area contributed by atoms with Gasteiger partial charge >= 0.3 is 5.97 Å². The summed E-state index contributed by atoms with van der Waals surface area (Å²) in [7, 11) is 0. The number of aromatic nitrogens is 3. The number of carbonyl (C=O) groups is 2. The SMILES string of the molecule is CCOC(=O)CC(C(=O)CSc1nnc(CCc2ccc(C)cc2)n1CC)c1ccc(C)cc1. The van der Waals surface area contributed by atoms with Crippen LogP contribution in [0.4, 0.5) is 0 Å². The predicted octanol–water partition coefficient (Wildman–Crippen LogP) is 5.10. The maximum absolute atomic E-state index is 13.2. The number of esters is 1. The number of ketones is 1. The molecule has 0 saturated heterocycles. The molecular weight excluding hydrogens is 446 g/mol. The number of benzene rings is 2. The Kier molecular flexibility index (Phi) is 9.45. The van der Waals surface area contributed by atoms with Crippen LogP contribution < -0.4 is 0 Å². The van der Waals surface area contributed by atoms with Crippen LogP contribution in [-0.4, -0.2) is 38.9 Å². The molecule has 1 aromatic heterocycles. The summed E-state index contributed by atoms with van der Waals surface area (Å²) < 4.78 is 7.18. The van der Waals surface area contributed by atoms with Crippen molar-refractivity contribution in [3.8, 4) is 0 Å². The lowest BCUT2D eigenvalue weighted by molar-refractivity contribution is -0.144. The minimum Gasteiger partial charge on any atom is -0.466 e. The van der Waals surface area contributed by atoms with Gasteiger partial charge in [0.25, 0.3) is 0 Å². The standard InChI is InChI=1S/C27H33N3O3S/c1-5-30-25(16-13-21-11-7-19(3)8-12-21)28-29-27(30)34-18-24(31)23(17-26(32)33-6-2)22-14-9-20(4)10-15-22/h7-12,14-15,23H,5-6,13,16-18H2,1-4H3. The third-order valence-electron chi connectivity index (χ3n) is 5.76. The van der Waals surface area contributed by atoms with E-state index >= 15 is 0 Å². The number of rotatable bonds is 12. The van der Waals surface area contributed by atoms with Crippen LogP contribution in [0, 0.1) is 13.8 Å². The fourth-order valence-corrected chi connectivity index (χ4v) is 4.74. The van der Waals surface area contributed by atoms with Gasteiger partial charge in [-0.05, 0) is 45.2 Å². The monoisotopic (exact) mass is 479 g/mol. The molecule has 0 spiro atoms. The van der Waals surface area contributed by atoms with E-state index in [1.54, 1.807) is 6.92 Å². The van der Waals surface area contributed by atoms with Gasteiger partial charge in [-0.2, -0.15) is 0 Å². The molecule has 3 aromatic rings. The molecule has 0 fully saturated rings. The quantitative estimate of drug-likeness (QED) is 0.266. The van der Waals surface area contributed by atoms with Crippen molar-refractivity contribution in [2.75, 3.05) is 12.4 Å². The molecule has 0 saturated carbocycles. The third-order valence-corrected chi connectivity index (χ3v) is 6.74. The molecule has 180 valence electrons. The van der Waals surface area contributed by atoms with E-state index < -0.39 is 5.92 Å². The molecule has 0 aliphatic carbocycles. The first-order valence-corrected chi connectivity index (χ1v) is 12.7. The summed E-state index contributed by atoms with van der Waals surface area (Å²) in [5.41, 5.74) is 4.45. The number of nitrogens with zero attached hydrogens (tertiary/aromatic N) is 3. The van der Waals surface area contributed by atoms with Crippen LogP contribution in [0.5, 0.6) is 0 Å². The van der Waals surface area contributed by atoms with E-state index in [1.165, 1.54) is 22.9 Å². The van der Waals surface area contributed by atoms with Gasteiger partial charge in [0, 0.05) is 13.0 Å². The molecule has 34 heavy (non-hydrogen) atoms. The number of hydrogen-bond donors (Lipinski definition) is 0. The second-order valence-electron chi connectivity index (χ2n) is 8.36. The zero-order chi connectivity index (χ0) is 24.5. The highest BCUT2D eigenvalue weighted by Crippen LogP contribution is 2.26. The topological polar surface area (TPSA) is 74.1 Å². The molecule has 7 heteroatoms. The summed E-state index contributed by atoms with van der Waals surface area (Å²) in [6.07, 6.45) is 1.71. The summed E-state index contributed by atoms with van der Waals surface area (Å²) in [4.78, 5) is 25.4. The number of ether oxygens (including phenoxy) is 1. The molecular formula is C27H33N3O3S. The molecule has 1 heterocycles. The normalized spacial score (nSPS) is 11.9. The van der Waals surface area contributed by atoms with Crippen molar-refractivity contribution in [2.45, 2.75) is 64.6 Å². The average Bonchev–Trinajstić information content (AvgIpc) is 3.23. The summed E-state index contributed by atoms with van der Waals surface area (Å²) in [6.45, 7) is 8.93. The Morgan fingerprint density at radius 3 is 2.21 bits per heavy atom. The highest BCUT2D eigenvalue weighted by molar-refractivity contribution is 7.99. The second kappa shape index (κ2) is 12.5. The Bertz CT molecular complexity index is 1090. The third kappa shape index (κ3) is 7.03. The van der Waals surface area contributed by atoms with Crippen LogP contribution in [0.1, 0.15) is 54.3 Å². The van der Waals surface area contributed by atoms with Crippen molar-refractivity contribution >= 4 is 23.5 Å². The molecule has 1 atom stereocenters. The number of thioether (sulfide) groups is 1. The van der Waals surface area contributed by atoms with Crippen LogP contribution in [0.3, 0.4) is 0 Å². The Morgan fingerprint density at radius 1 is 0.941 bits per heavy atom. The lowest BCUT2D eigenvalue weighted by Gasteiger charge is -2.16. The van der Waals surface area contributed by atoms with E-state index in [2.05, 4.69) is 52.9 Å². The molecule has 1 unspecified atom stereocenters. The number of hydrogen-bond acceptors (Lipinski definition) is 6. The van der Waals surface area contributed by atoms with Gasteiger partial charge in [-0.1, -0.05) is 71.4 Å². The van der Waals surface area contributed by atoms with Gasteiger partial charge < -0.3 is 9.30 Å². The van der Waals surface area contributed by atoms with Gasteiger partial charge in [-0.15, -0.1) is 10.2 Å². The summed E-state index contributed by atoms with van der Waals surface area (Å²) in [5, 5.41) is 9.47. The lowest BCUT2D eigenvalue weighted by atomic mass is 9.91. The molecule has 0 aliphatic heterocycles. The Labute approximate surface area is 206 Å². The van der Waals surface area contributed by atoms with Crippen molar-refractivity contribution in [1.29, 1.82) is 0 Å². The van der Waals surface area contributed by atoms with E-state index in [0.29, 0.717) is 6.61 Å². The number of aryl methyl sites for hydroxylation is 4.